The number of amides is 2. The van der Waals surface area contributed by atoms with Crippen LogP contribution in [0.15, 0.2) is 53.5 Å². The first-order chi connectivity index (χ1) is 12.5. The molecule has 0 bridgehead atoms. The Bertz CT molecular complexity index is 800. The number of aryl methyl sites for hydroxylation is 1. The van der Waals surface area contributed by atoms with Gasteiger partial charge in [-0.1, -0.05) is 31.2 Å². The Morgan fingerprint density at radius 2 is 1.77 bits per heavy atom. The number of guanidine groups is 1. The molecule has 2 amide bonds. The first kappa shape index (κ1) is 19.0. The van der Waals surface area contributed by atoms with Crippen LogP contribution in [0.1, 0.15) is 28.4 Å². The lowest BCUT2D eigenvalue weighted by atomic mass is 10.1. The summed E-state index contributed by atoms with van der Waals surface area (Å²) in [6.45, 7) is 2.29. The molecule has 0 aromatic heterocycles. The minimum Gasteiger partial charge on any atom is -0.370 e. The van der Waals surface area contributed by atoms with Gasteiger partial charge in [-0.3, -0.25) is 9.59 Å². The summed E-state index contributed by atoms with van der Waals surface area (Å²) in [6.07, 6.45) is 0.950. The lowest BCUT2D eigenvalue weighted by Crippen LogP contribution is -2.33. The van der Waals surface area contributed by atoms with E-state index in [0.29, 0.717) is 18.1 Å². The lowest BCUT2D eigenvalue weighted by molar-refractivity contribution is -0.117. The molecule has 0 atom stereocenters. The average molecular weight is 353 g/mol. The van der Waals surface area contributed by atoms with Crippen LogP contribution in [-0.2, 0) is 17.8 Å². The van der Waals surface area contributed by atoms with Gasteiger partial charge in [0.05, 0.1) is 13.1 Å². The van der Waals surface area contributed by atoms with Crippen LogP contribution < -0.4 is 22.1 Å². The highest BCUT2D eigenvalue weighted by Crippen LogP contribution is 2.11. The van der Waals surface area contributed by atoms with Crippen molar-refractivity contribution in [2.75, 3.05) is 11.9 Å². The lowest BCUT2D eigenvalue weighted by Gasteiger charge is -2.07. The molecule has 0 aliphatic heterocycles. The van der Waals surface area contributed by atoms with Crippen LogP contribution in [0.5, 0.6) is 0 Å². The Morgan fingerprint density at radius 3 is 2.42 bits per heavy atom. The molecule has 0 spiro atoms. The molecule has 0 radical (unpaired) electrons. The Morgan fingerprint density at radius 1 is 1.04 bits per heavy atom. The summed E-state index contributed by atoms with van der Waals surface area (Å²) >= 11 is 0. The average Bonchev–Trinajstić information content (AvgIpc) is 2.65. The number of rotatable bonds is 7. The predicted molar refractivity (Wildman–Crippen MR) is 103 cm³/mol. The van der Waals surface area contributed by atoms with E-state index in [-0.39, 0.29) is 12.5 Å². The number of nitrogens with zero attached hydrogens (tertiary/aromatic N) is 1. The van der Waals surface area contributed by atoms with Crippen molar-refractivity contribution in [2.45, 2.75) is 19.9 Å². The number of carbonyl (C=O) groups is 2. The SMILES string of the molecule is CCc1cccc(NC(N)=NCc2ccc(C(=O)NCC(N)=O)cc2)c1. The molecule has 0 saturated heterocycles. The number of nitrogens with two attached hydrogens (primary N) is 2. The third-order valence-corrected chi connectivity index (χ3v) is 3.68. The number of aliphatic imine (C=N–C) groups is 1. The van der Waals surface area contributed by atoms with Crippen LogP contribution in [0.4, 0.5) is 5.69 Å². The second kappa shape index (κ2) is 9.22. The van der Waals surface area contributed by atoms with Gasteiger partial charge in [-0.25, -0.2) is 4.99 Å². The van der Waals surface area contributed by atoms with Crippen molar-refractivity contribution in [3.8, 4) is 0 Å². The van der Waals surface area contributed by atoms with E-state index in [2.05, 4.69) is 28.6 Å². The molecule has 0 saturated carbocycles. The highest BCUT2D eigenvalue weighted by molar-refractivity contribution is 5.96. The molecule has 136 valence electrons. The van der Waals surface area contributed by atoms with Gasteiger partial charge in [0.2, 0.25) is 5.91 Å². The Balaban J connectivity index is 1.92. The topological polar surface area (TPSA) is 123 Å². The van der Waals surface area contributed by atoms with Gasteiger partial charge in [-0.2, -0.15) is 0 Å². The van der Waals surface area contributed by atoms with Crippen LogP contribution in [0.25, 0.3) is 0 Å². The number of anilines is 1. The highest BCUT2D eigenvalue weighted by Gasteiger charge is 2.06. The fourth-order valence-electron chi connectivity index (χ4n) is 2.26. The molecule has 0 aliphatic carbocycles. The Labute approximate surface area is 152 Å². The number of hydrogen-bond acceptors (Lipinski definition) is 3. The van der Waals surface area contributed by atoms with E-state index in [1.807, 2.05) is 18.2 Å². The van der Waals surface area contributed by atoms with Crippen molar-refractivity contribution in [2.24, 2.45) is 16.5 Å². The monoisotopic (exact) mass is 353 g/mol. The first-order valence-electron chi connectivity index (χ1n) is 8.29. The van der Waals surface area contributed by atoms with Gasteiger partial charge >= 0.3 is 0 Å². The molecule has 0 unspecified atom stereocenters. The van der Waals surface area contributed by atoms with Crippen LogP contribution in [0.3, 0.4) is 0 Å². The Hall–Kier alpha value is -3.35. The summed E-state index contributed by atoms with van der Waals surface area (Å²) in [5, 5.41) is 5.50. The molecule has 0 heterocycles. The zero-order valence-corrected chi connectivity index (χ0v) is 14.7. The summed E-state index contributed by atoms with van der Waals surface area (Å²) < 4.78 is 0. The van der Waals surface area contributed by atoms with E-state index in [1.54, 1.807) is 24.3 Å². The van der Waals surface area contributed by atoms with E-state index >= 15 is 0 Å². The van der Waals surface area contributed by atoms with Gasteiger partial charge < -0.3 is 22.1 Å². The summed E-state index contributed by atoms with van der Waals surface area (Å²) in [5.74, 6) is -0.617. The zero-order valence-electron chi connectivity index (χ0n) is 14.7. The fraction of sp³-hybridized carbons (Fsp3) is 0.211. The molecule has 26 heavy (non-hydrogen) atoms. The van der Waals surface area contributed by atoms with Crippen molar-refractivity contribution < 1.29 is 9.59 Å². The second-order valence-corrected chi connectivity index (χ2v) is 5.73. The van der Waals surface area contributed by atoms with Gasteiger partial charge in [0.25, 0.3) is 5.91 Å². The highest BCUT2D eigenvalue weighted by atomic mass is 16.2. The Kier molecular flexibility index (Phi) is 6.73. The van der Waals surface area contributed by atoms with Crippen molar-refractivity contribution in [1.29, 1.82) is 0 Å². The van der Waals surface area contributed by atoms with Crippen LogP contribution >= 0.6 is 0 Å². The molecular weight excluding hydrogens is 330 g/mol. The summed E-state index contributed by atoms with van der Waals surface area (Å²) in [6, 6.07) is 14.9. The van der Waals surface area contributed by atoms with Gasteiger partial charge in [0, 0.05) is 11.3 Å². The molecular formula is C19H23N5O2. The number of nitrogens with one attached hydrogen (secondary N) is 2. The molecule has 7 heteroatoms. The number of hydrogen-bond donors (Lipinski definition) is 4. The van der Waals surface area contributed by atoms with Gasteiger partial charge in [-0.15, -0.1) is 0 Å². The third-order valence-electron chi connectivity index (χ3n) is 3.68. The van der Waals surface area contributed by atoms with Crippen molar-refractivity contribution >= 4 is 23.5 Å². The van der Waals surface area contributed by atoms with Gasteiger partial charge in [0.15, 0.2) is 5.96 Å². The van der Waals surface area contributed by atoms with Crippen molar-refractivity contribution in [1.82, 2.24) is 5.32 Å². The quantitative estimate of drug-likeness (QED) is 0.444. The predicted octanol–water partition coefficient (Wildman–Crippen LogP) is 1.39. The normalized spacial score (nSPS) is 11.0. The van der Waals surface area contributed by atoms with E-state index in [1.165, 1.54) is 5.56 Å². The van der Waals surface area contributed by atoms with Gasteiger partial charge in [0.1, 0.15) is 0 Å². The van der Waals surface area contributed by atoms with Crippen LogP contribution in [0.2, 0.25) is 0 Å². The van der Waals surface area contributed by atoms with Crippen molar-refractivity contribution in [3.05, 3.63) is 65.2 Å². The molecule has 0 aliphatic rings. The van der Waals surface area contributed by atoms with E-state index in [0.717, 1.165) is 17.7 Å². The maximum atomic E-state index is 11.8. The molecule has 2 aromatic carbocycles. The first-order valence-corrected chi connectivity index (χ1v) is 8.29. The smallest absolute Gasteiger partial charge is 0.251 e. The molecule has 7 nitrogen and oxygen atoms in total. The van der Waals surface area contributed by atoms with Crippen LogP contribution in [0, 0.1) is 0 Å². The number of carbonyl (C=O) groups excluding carboxylic acids is 2. The molecule has 2 rings (SSSR count). The molecule has 2 aromatic rings. The fourth-order valence-corrected chi connectivity index (χ4v) is 2.26. The second-order valence-electron chi connectivity index (χ2n) is 5.73. The van der Waals surface area contributed by atoms with Crippen LogP contribution in [-0.4, -0.2) is 24.3 Å². The largest absolute Gasteiger partial charge is 0.370 e. The summed E-state index contributed by atoms with van der Waals surface area (Å²) in [5.41, 5.74) is 14.4. The maximum absolute atomic E-state index is 11.8. The van der Waals surface area contributed by atoms with E-state index in [4.69, 9.17) is 11.5 Å². The number of benzene rings is 2. The summed E-state index contributed by atoms with van der Waals surface area (Å²) in [7, 11) is 0. The third kappa shape index (κ3) is 5.94. The van der Waals surface area contributed by atoms with E-state index < -0.39 is 5.91 Å². The molecule has 0 fully saturated rings. The summed E-state index contributed by atoms with van der Waals surface area (Å²) in [4.78, 5) is 26.8. The number of primary amides is 1. The van der Waals surface area contributed by atoms with Gasteiger partial charge in [-0.05, 0) is 41.8 Å². The van der Waals surface area contributed by atoms with E-state index in [9.17, 15) is 9.59 Å². The maximum Gasteiger partial charge on any atom is 0.251 e. The minimum absolute atomic E-state index is 0.188. The zero-order chi connectivity index (χ0) is 18.9. The molecule has 6 N–H and O–H groups in total. The minimum atomic E-state index is -0.586. The standard InChI is InChI=1S/C19H23N5O2/c1-2-13-4-3-5-16(10-13)24-19(21)23-11-14-6-8-15(9-7-14)18(26)22-12-17(20)25/h3-10H,2,11-12H2,1H3,(H2,20,25)(H,22,26)(H3,21,23,24). The van der Waals surface area contributed by atoms with Crippen molar-refractivity contribution in [3.63, 3.8) is 0 Å².